The molecule has 2 rings (SSSR count). The largest absolute Gasteiger partial charge is 0.496 e. The van der Waals surface area contributed by atoms with Gasteiger partial charge in [0.25, 0.3) is 0 Å². The lowest BCUT2D eigenvalue weighted by Crippen LogP contribution is -2.18. The van der Waals surface area contributed by atoms with Crippen molar-refractivity contribution in [3.63, 3.8) is 0 Å². The zero-order valence-electron chi connectivity index (χ0n) is 12.8. The second-order valence-corrected chi connectivity index (χ2v) is 5.53. The zero-order valence-corrected chi connectivity index (χ0v) is 13.6. The van der Waals surface area contributed by atoms with Crippen molar-refractivity contribution in [3.8, 4) is 11.5 Å². The molecule has 0 amide bonds. The third kappa shape index (κ3) is 3.92. The molecule has 0 unspecified atom stereocenters. The molecule has 0 aliphatic rings. The predicted molar refractivity (Wildman–Crippen MR) is 83.0 cm³/mol. The quantitative estimate of drug-likeness (QED) is 0.733. The van der Waals surface area contributed by atoms with Crippen LogP contribution in [0.1, 0.15) is 11.3 Å². The maximum atomic E-state index is 5.49. The minimum atomic E-state index is 0.715. The molecule has 0 bridgehead atoms. The van der Waals surface area contributed by atoms with Gasteiger partial charge < -0.3 is 14.0 Å². The summed E-state index contributed by atoms with van der Waals surface area (Å²) < 4.78 is 15.8. The predicted octanol–water partition coefficient (Wildman–Crippen LogP) is 3.05. The fraction of sp³-hybridized carbons (Fsp3) is 0.400. The van der Waals surface area contributed by atoms with Gasteiger partial charge in [0.1, 0.15) is 17.8 Å². The first kappa shape index (κ1) is 15.7. The molecule has 2 aromatic rings. The van der Waals surface area contributed by atoms with E-state index in [9.17, 15) is 0 Å². The fourth-order valence-corrected chi connectivity index (χ4v) is 2.73. The van der Waals surface area contributed by atoms with Gasteiger partial charge >= 0.3 is 0 Å². The molecule has 1 aromatic heterocycles. The normalized spacial score (nSPS) is 10.9. The SMILES string of the molecule is COc1cc(SC)c(OC)cc1CN(C)Cc1ccon1. The summed E-state index contributed by atoms with van der Waals surface area (Å²) in [6, 6.07) is 5.91. The summed E-state index contributed by atoms with van der Waals surface area (Å²) in [6.45, 7) is 1.45. The number of ether oxygens (including phenoxy) is 2. The molecule has 5 nitrogen and oxygen atoms in total. The first-order valence-electron chi connectivity index (χ1n) is 6.54. The topological polar surface area (TPSA) is 47.7 Å². The maximum absolute atomic E-state index is 5.49. The molecule has 0 fully saturated rings. The van der Waals surface area contributed by atoms with E-state index in [-0.39, 0.29) is 0 Å². The van der Waals surface area contributed by atoms with Crippen molar-refractivity contribution < 1.29 is 14.0 Å². The molecule has 0 saturated heterocycles. The lowest BCUT2D eigenvalue weighted by Gasteiger charge is -2.19. The highest BCUT2D eigenvalue weighted by molar-refractivity contribution is 7.98. The van der Waals surface area contributed by atoms with E-state index in [1.54, 1.807) is 32.2 Å². The van der Waals surface area contributed by atoms with Crippen molar-refractivity contribution in [1.82, 2.24) is 10.1 Å². The van der Waals surface area contributed by atoms with Gasteiger partial charge in [-0.25, -0.2) is 0 Å². The summed E-state index contributed by atoms with van der Waals surface area (Å²) in [7, 11) is 5.40. The Morgan fingerprint density at radius 2 is 1.95 bits per heavy atom. The van der Waals surface area contributed by atoms with E-state index >= 15 is 0 Å². The van der Waals surface area contributed by atoms with Crippen LogP contribution in [0.3, 0.4) is 0 Å². The fourth-order valence-electron chi connectivity index (χ4n) is 2.16. The standard InChI is InChI=1S/C15H20N2O3S/c1-17(10-12-5-6-20-16-12)9-11-7-14(19-3)15(21-4)8-13(11)18-2/h5-8H,9-10H2,1-4H3. The molecule has 114 valence electrons. The van der Waals surface area contributed by atoms with Gasteiger partial charge in [-0.15, -0.1) is 11.8 Å². The molecular formula is C15H20N2O3S. The van der Waals surface area contributed by atoms with Gasteiger partial charge in [0, 0.05) is 24.7 Å². The summed E-state index contributed by atoms with van der Waals surface area (Å²) in [5.74, 6) is 1.74. The molecule has 21 heavy (non-hydrogen) atoms. The van der Waals surface area contributed by atoms with Crippen molar-refractivity contribution in [3.05, 3.63) is 35.7 Å². The average molecular weight is 308 g/mol. The Bertz CT molecular complexity index is 573. The lowest BCUT2D eigenvalue weighted by molar-refractivity contribution is 0.295. The molecule has 6 heteroatoms. The lowest BCUT2D eigenvalue weighted by atomic mass is 10.1. The molecule has 0 N–H and O–H groups in total. The number of hydrogen-bond donors (Lipinski definition) is 0. The number of aromatic nitrogens is 1. The Morgan fingerprint density at radius 1 is 1.19 bits per heavy atom. The van der Waals surface area contributed by atoms with Gasteiger partial charge in [-0.3, -0.25) is 4.90 Å². The van der Waals surface area contributed by atoms with Gasteiger partial charge in [-0.05, 0) is 25.4 Å². The number of methoxy groups -OCH3 is 2. The van der Waals surface area contributed by atoms with Gasteiger partial charge in [0.2, 0.25) is 0 Å². The van der Waals surface area contributed by atoms with Gasteiger partial charge in [-0.2, -0.15) is 0 Å². The monoisotopic (exact) mass is 308 g/mol. The molecule has 1 aromatic carbocycles. The molecule has 0 spiro atoms. The van der Waals surface area contributed by atoms with Crippen LogP contribution < -0.4 is 9.47 Å². The minimum absolute atomic E-state index is 0.715. The smallest absolute Gasteiger partial charge is 0.132 e. The van der Waals surface area contributed by atoms with E-state index in [0.29, 0.717) is 6.54 Å². The van der Waals surface area contributed by atoms with Gasteiger partial charge in [-0.1, -0.05) is 5.16 Å². The number of hydrogen-bond acceptors (Lipinski definition) is 6. The number of nitrogens with zero attached hydrogens (tertiary/aromatic N) is 2. The van der Waals surface area contributed by atoms with Crippen LogP contribution in [-0.4, -0.2) is 37.6 Å². The summed E-state index contributed by atoms with van der Waals surface area (Å²) in [5, 5.41) is 3.93. The van der Waals surface area contributed by atoms with Crippen LogP contribution in [0.25, 0.3) is 0 Å². The van der Waals surface area contributed by atoms with E-state index in [4.69, 9.17) is 14.0 Å². The van der Waals surface area contributed by atoms with Crippen molar-refractivity contribution >= 4 is 11.8 Å². The molecule has 0 radical (unpaired) electrons. The van der Waals surface area contributed by atoms with Crippen molar-refractivity contribution in [2.45, 2.75) is 18.0 Å². The first-order chi connectivity index (χ1) is 10.2. The second-order valence-electron chi connectivity index (χ2n) is 4.68. The van der Waals surface area contributed by atoms with Crippen LogP contribution in [-0.2, 0) is 13.1 Å². The Balaban J connectivity index is 2.17. The Kier molecular flexibility index (Phi) is 5.52. The molecule has 1 heterocycles. The van der Waals surface area contributed by atoms with Crippen LogP contribution in [0.5, 0.6) is 11.5 Å². The number of thioether (sulfide) groups is 1. The third-order valence-corrected chi connectivity index (χ3v) is 3.91. The summed E-state index contributed by atoms with van der Waals surface area (Å²) in [6.07, 6.45) is 3.60. The van der Waals surface area contributed by atoms with Crippen molar-refractivity contribution in [2.24, 2.45) is 0 Å². The van der Waals surface area contributed by atoms with Crippen LogP contribution in [0.4, 0.5) is 0 Å². The highest BCUT2D eigenvalue weighted by Gasteiger charge is 2.13. The Hall–Kier alpha value is -1.66. The molecule has 0 aliphatic carbocycles. The van der Waals surface area contributed by atoms with E-state index in [0.717, 1.165) is 34.2 Å². The van der Waals surface area contributed by atoms with Gasteiger partial charge in [0.05, 0.1) is 24.8 Å². The summed E-state index contributed by atoms with van der Waals surface area (Å²) in [5.41, 5.74) is 1.99. The molecular weight excluding hydrogens is 288 g/mol. The molecule has 0 saturated carbocycles. The highest BCUT2D eigenvalue weighted by Crippen LogP contribution is 2.35. The van der Waals surface area contributed by atoms with Crippen LogP contribution >= 0.6 is 11.8 Å². The minimum Gasteiger partial charge on any atom is -0.496 e. The Labute approximate surface area is 129 Å². The number of rotatable bonds is 7. The summed E-state index contributed by atoms with van der Waals surface area (Å²) >= 11 is 1.64. The van der Waals surface area contributed by atoms with E-state index in [2.05, 4.69) is 10.1 Å². The number of benzene rings is 1. The summed E-state index contributed by atoms with van der Waals surface area (Å²) in [4.78, 5) is 3.21. The van der Waals surface area contributed by atoms with Crippen LogP contribution in [0.2, 0.25) is 0 Å². The highest BCUT2D eigenvalue weighted by atomic mass is 32.2. The van der Waals surface area contributed by atoms with Crippen LogP contribution in [0.15, 0.2) is 33.9 Å². The third-order valence-electron chi connectivity index (χ3n) is 3.15. The van der Waals surface area contributed by atoms with Crippen LogP contribution in [0, 0.1) is 0 Å². The van der Waals surface area contributed by atoms with E-state index in [1.807, 2.05) is 31.5 Å². The van der Waals surface area contributed by atoms with Crippen molar-refractivity contribution in [1.29, 1.82) is 0 Å². The zero-order chi connectivity index (χ0) is 15.2. The van der Waals surface area contributed by atoms with E-state index < -0.39 is 0 Å². The molecule has 0 atom stereocenters. The van der Waals surface area contributed by atoms with Crippen molar-refractivity contribution in [2.75, 3.05) is 27.5 Å². The first-order valence-corrected chi connectivity index (χ1v) is 7.77. The maximum Gasteiger partial charge on any atom is 0.132 e. The van der Waals surface area contributed by atoms with E-state index in [1.165, 1.54) is 0 Å². The second kappa shape index (κ2) is 7.38. The average Bonchev–Trinajstić information content (AvgIpc) is 2.99. The Morgan fingerprint density at radius 3 is 2.52 bits per heavy atom. The molecule has 0 aliphatic heterocycles. The van der Waals surface area contributed by atoms with Gasteiger partial charge in [0.15, 0.2) is 0 Å².